The molecule has 25 heavy (non-hydrogen) atoms. The van der Waals surface area contributed by atoms with E-state index >= 15 is 0 Å². The molecule has 2 atom stereocenters. The van der Waals surface area contributed by atoms with Gasteiger partial charge in [-0.05, 0) is 24.6 Å². The summed E-state index contributed by atoms with van der Waals surface area (Å²) in [4.78, 5) is 22.7. The number of benzene rings is 2. The summed E-state index contributed by atoms with van der Waals surface area (Å²) < 4.78 is 5.05. The molecule has 0 saturated heterocycles. The highest BCUT2D eigenvalue weighted by Crippen LogP contribution is 2.33. The van der Waals surface area contributed by atoms with Crippen molar-refractivity contribution in [2.45, 2.75) is 18.3 Å². The summed E-state index contributed by atoms with van der Waals surface area (Å²) >= 11 is 6.50. The molecule has 0 aliphatic carbocycles. The fourth-order valence-corrected chi connectivity index (χ4v) is 2.89. The highest BCUT2D eigenvalue weighted by molar-refractivity contribution is 6.21. The van der Waals surface area contributed by atoms with E-state index in [-0.39, 0.29) is 17.3 Å². The van der Waals surface area contributed by atoms with Gasteiger partial charge in [-0.2, -0.15) is 0 Å². The maximum Gasteiger partial charge on any atom is 0.417 e. The number of nitrogens with zero attached hydrogens (tertiary/aromatic N) is 1. The minimum Gasteiger partial charge on any atom is -0.418 e. The fraction of sp³-hybridized carbons (Fsp3) is 0.167. The van der Waals surface area contributed by atoms with Crippen molar-refractivity contribution in [1.29, 1.82) is 0 Å². The first-order chi connectivity index (χ1) is 12.0. The highest BCUT2D eigenvalue weighted by atomic mass is 35.5. The van der Waals surface area contributed by atoms with Gasteiger partial charge in [0.1, 0.15) is 11.3 Å². The number of para-hydroxylation sites is 1. The van der Waals surface area contributed by atoms with Gasteiger partial charge >= 0.3 is 11.3 Å². The Morgan fingerprint density at radius 1 is 1.12 bits per heavy atom. The van der Waals surface area contributed by atoms with Crippen molar-refractivity contribution in [1.82, 2.24) is 0 Å². The number of rotatable bonds is 5. The zero-order valence-electron chi connectivity index (χ0n) is 13.3. The third kappa shape index (κ3) is 3.34. The van der Waals surface area contributed by atoms with E-state index in [2.05, 4.69) is 5.32 Å². The first-order valence-corrected chi connectivity index (χ1v) is 8.08. The molecule has 2 aromatic carbocycles. The molecule has 1 N–H and O–H groups in total. The van der Waals surface area contributed by atoms with E-state index in [0.29, 0.717) is 5.39 Å². The summed E-state index contributed by atoms with van der Waals surface area (Å²) in [6.07, 6.45) is 0. The molecule has 0 aliphatic rings. The van der Waals surface area contributed by atoms with Crippen LogP contribution in [0.2, 0.25) is 0 Å². The topological polar surface area (TPSA) is 85.4 Å². The van der Waals surface area contributed by atoms with Crippen LogP contribution >= 0.6 is 11.6 Å². The second kappa shape index (κ2) is 6.94. The molecule has 3 rings (SSSR count). The predicted molar refractivity (Wildman–Crippen MR) is 97.3 cm³/mol. The third-order valence-electron chi connectivity index (χ3n) is 3.90. The molecule has 0 fully saturated rings. The van der Waals surface area contributed by atoms with Crippen molar-refractivity contribution in [2.24, 2.45) is 0 Å². The molecular weight excluding hydrogens is 344 g/mol. The molecule has 0 saturated carbocycles. The number of hydrogen-bond donors (Lipinski definition) is 1. The Kier molecular flexibility index (Phi) is 4.72. The van der Waals surface area contributed by atoms with Crippen LogP contribution in [-0.2, 0) is 0 Å². The standard InChI is InChI=1S/C18H15ClN2O4/c1-11(15(19)12-7-3-2-4-8-12)20-16-13-9-5-6-10-14(13)25-18(22)17(16)21(23)24/h2-11,15,20H,1H3/t11-,15-/m1/s1. The summed E-state index contributed by atoms with van der Waals surface area (Å²) in [5.41, 5.74) is -0.352. The molecule has 7 heteroatoms. The summed E-state index contributed by atoms with van der Waals surface area (Å²) in [5, 5.41) is 14.4. The van der Waals surface area contributed by atoms with Gasteiger partial charge in [0.05, 0.1) is 10.3 Å². The van der Waals surface area contributed by atoms with Gasteiger partial charge in [-0.25, -0.2) is 4.79 Å². The van der Waals surface area contributed by atoms with Crippen LogP contribution in [0, 0.1) is 10.1 Å². The smallest absolute Gasteiger partial charge is 0.417 e. The molecule has 0 amide bonds. The van der Waals surface area contributed by atoms with E-state index in [4.69, 9.17) is 16.0 Å². The SMILES string of the molecule is C[C@@H](Nc1c([N+](=O)[O-])c(=O)oc2ccccc12)[C@@H](Cl)c1ccccc1. The van der Waals surface area contributed by atoms with E-state index < -0.39 is 21.6 Å². The van der Waals surface area contributed by atoms with Crippen molar-refractivity contribution in [3.63, 3.8) is 0 Å². The van der Waals surface area contributed by atoms with Crippen molar-refractivity contribution >= 4 is 33.9 Å². The predicted octanol–water partition coefficient (Wildman–Crippen LogP) is 4.48. The normalized spacial score (nSPS) is 13.4. The molecule has 0 radical (unpaired) electrons. The highest BCUT2D eigenvalue weighted by Gasteiger charge is 2.27. The van der Waals surface area contributed by atoms with E-state index in [1.807, 2.05) is 30.3 Å². The Bertz CT molecular complexity index is 972. The molecular formula is C18H15ClN2O4. The van der Waals surface area contributed by atoms with Crippen molar-refractivity contribution in [2.75, 3.05) is 5.32 Å². The van der Waals surface area contributed by atoms with Gasteiger partial charge in [0, 0.05) is 11.4 Å². The quantitative estimate of drug-likeness (QED) is 0.314. The number of alkyl halides is 1. The number of halogens is 1. The van der Waals surface area contributed by atoms with E-state index in [0.717, 1.165) is 5.56 Å². The van der Waals surface area contributed by atoms with Crippen LogP contribution in [0.1, 0.15) is 17.9 Å². The first kappa shape index (κ1) is 17.0. The summed E-state index contributed by atoms with van der Waals surface area (Å²) in [7, 11) is 0. The molecule has 0 unspecified atom stereocenters. The Labute approximate surface area is 148 Å². The van der Waals surface area contributed by atoms with Gasteiger partial charge in [0.15, 0.2) is 0 Å². The molecule has 0 aliphatic heterocycles. The summed E-state index contributed by atoms with van der Waals surface area (Å²) in [5.74, 6) is 0. The Morgan fingerprint density at radius 3 is 2.44 bits per heavy atom. The van der Waals surface area contributed by atoms with Crippen LogP contribution < -0.4 is 10.9 Å². The number of nitrogens with one attached hydrogen (secondary N) is 1. The minimum atomic E-state index is -0.996. The summed E-state index contributed by atoms with van der Waals surface area (Å²) in [6.45, 7) is 1.80. The van der Waals surface area contributed by atoms with Crippen molar-refractivity contribution in [3.05, 3.63) is 80.7 Å². The van der Waals surface area contributed by atoms with Crippen molar-refractivity contribution in [3.8, 4) is 0 Å². The van der Waals surface area contributed by atoms with Gasteiger partial charge in [0.2, 0.25) is 0 Å². The molecule has 6 nitrogen and oxygen atoms in total. The first-order valence-electron chi connectivity index (χ1n) is 7.65. The minimum absolute atomic E-state index is 0.117. The average Bonchev–Trinajstić information content (AvgIpc) is 2.61. The van der Waals surface area contributed by atoms with Crippen molar-refractivity contribution < 1.29 is 9.34 Å². The molecule has 0 spiro atoms. The third-order valence-corrected chi connectivity index (χ3v) is 4.53. The van der Waals surface area contributed by atoms with Gasteiger partial charge in [0.25, 0.3) is 0 Å². The Balaban J connectivity index is 2.07. The average molecular weight is 359 g/mol. The van der Waals surface area contributed by atoms with Gasteiger partial charge < -0.3 is 9.73 Å². The van der Waals surface area contributed by atoms with Crippen LogP contribution in [0.25, 0.3) is 11.0 Å². The number of hydrogen-bond acceptors (Lipinski definition) is 5. The maximum atomic E-state index is 12.0. The van der Waals surface area contributed by atoms with Crippen LogP contribution in [0.3, 0.4) is 0 Å². The van der Waals surface area contributed by atoms with Gasteiger partial charge in [-0.3, -0.25) is 10.1 Å². The number of fused-ring (bicyclic) bond motifs is 1. The summed E-state index contributed by atoms with van der Waals surface area (Å²) in [6, 6.07) is 15.7. The lowest BCUT2D eigenvalue weighted by Gasteiger charge is -2.21. The second-order valence-electron chi connectivity index (χ2n) is 5.61. The lowest BCUT2D eigenvalue weighted by molar-refractivity contribution is -0.386. The largest absolute Gasteiger partial charge is 0.418 e. The number of nitro groups is 1. The van der Waals surface area contributed by atoms with Crippen LogP contribution in [-0.4, -0.2) is 11.0 Å². The zero-order valence-corrected chi connectivity index (χ0v) is 14.1. The lowest BCUT2D eigenvalue weighted by Crippen LogP contribution is -2.23. The zero-order chi connectivity index (χ0) is 18.0. The fourth-order valence-electron chi connectivity index (χ4n) is 2.68. The van der Waals surface area contributed by atoms with Crippen LogP contribution in [0.4, 0.5) is 11.4 Å². The van der Waals surface area contributed by atoms with E-state index in [1.54, 1.807) is 31.2 Å². The maximum absolute atomic E-state index is 12.0. The molecule has 1 heterocycles. The molecule has 3 aromatic rings. The van der Waals surface area contributed by atoms with Gasteiger partial charge in [-0.1, -0.05) is 42.5 Å². The molecule has 128 valence electrons. The number of anilines is 1. The second-order valence-corrected chi connectivity index (χ2v) is 6.08. The molecule has 0 bridgehead atoms. The Hall–Kier alpha value is -2.86. The van der Waals surface area contributed by atoms with Crippen LogP contribution in [0.15, 0.2) is 63.8 Å². The Morgan fingerprint density at radius 2 is 1.76 bits per heavy atom. The van der Waals surface area contributed by atoms with E-state index in [1.165, 1.54) is 0 Å². The van der Waals surface area contributed by atoms with Gasteiger partial charge in [-0.15, -0.1) is 11.6 Å². The lowest BCUT2D eigenvalue weighted by atomic mass is 10.1. The molecule has 1 aromatic heterocycles. The van der Waals surface area contributed by atoms with Crippen LogP contribution in [0.5, 0.6) is 0 Å². The van der Waals surface area contributed by atoms with E-state index in [9.17, 15) is 14.9 Å². The monoisotopic (exact) mass is 358 g/mol.